The highest BCUT2D eigenvalue weighted by molar-refractivity contribution is 5.89. The Labute approximate surface area is 139 Å². The molecule has 0 aliphatic carbocycles. The summed E-state index contributed by atoms with van der Waals surface area (Å²) >= 11 is 0. The number of unbranched alkanes of at least 4 members (excludes halogenated alkanes) is 10. The average Bonchev–Trinajstić information content (AvgIpc) is 2.52. The maximum Gasteiger partial charge on any atom is 0.155 e. The van der Waals surface area contributed by atoms with E-state index in [-0.39, 0.29) is 0 Å². The van der Waals surface area contributed by atoms with Crippen molar-refractivity contribution in [2.75, 3.05) is 0 Å². The lowest BCUT2D eigenvalue weighted by molar-refractivity contribution is -0.114. The van der Waals surface area contributed by atoms with Crippen LogP contribution in [0.3, 0.4) is 0 Å². The molecule has 0 aliphatic rings. The van der Waals surface area contributed by atoms with Gasteiger partial charge in [-0.15, -0.1) is 0 Å². The molecule has 0 heterocycles. The molecule has 0 radical (unpaired) electrons. The molecule has 0 fully saturated rings. The minimum absolute atomic E-state index is 0.297. The first kappa shape index (κ1) is 21.1. The van der Waals surface area contributed by atoms with Crippen molar-refractivity contribution in [2.24, 2.45) is 0 Å². The van der Waals surface area contributed by atoms with E-state index in [1.807, 2.05) is 6.08 Å². The van der Waals surface area contributed by atoms with Gasteiger partial charge in [0, 0.05) is 6.42 Å². The number of allylic oxidation sites excluding steroid dienone is 4. The second-order valence-corrected chi connectivity index (χ2v) is 6.30. The monoisotopic (exact) mass is 306 g/mol. The summed E-state index contributed by atoms with van der Waals surface area (Å²) in [6, 6.07) is 0. The molecule has 0 saturated heterocycles. The van der Waals surface area contributed by atoms with E-state index in [0.717, 1.165) is 19.3 Å². The molecule has 0 spiro atoms. The van der Waals surface area contributed by atoms with E-state index < -0.39 is 0 Å². The highest BCUT2D eigenvalue weighted by Gasteiger charge is 1.96. The summed E-state index contributed by atoms with van der Waals surface area (Å²) in [6.07, 6.45) is 25.2. The number of carbonyl (C=O) groups is 1. The summed E-state index contributed by atoms with van der Waals surface area (Å²) in [7, 11) is 0. The van der Waals surface area contributed by atoms with Gasteiger partial charge in [-0.1, -0.05) is 89.9 Å². The quantitative estimate of drug-likeness (QED) is 0.168. The van der Waals surface area contributed by atoms with E-state index in [9.17, 15) is 4.79 Å². The van der Waals surface area contributed by atoms with Gasteiger partial charge in [0.1, 0.15) is 0 Å². The maximum absolute atomic E-state index is 11.7. The Hall–Kier alpha value is -0.850. The zero-order chi connectivity index (χ0) is 16.3. The van der Waals surface area contributed by atoms with Crippen molar-refractivity contribution in [1.82, 2.24) is 0 Å². The van der Waals surface area contributed by atoms with Crippen LogP contribution in [0.25, 0.3) is 0 Å². The predicted molar refractivity (Wildman–Crippen MR) is 99.3 cm³/mol. The van der Waals surface area contributed by atoms with Crippen molar-refractivity contribution in [3.63, 3.8) is 0 Å². The Morgan fingerprint density at radius 1 is 0.682 bits per heavy atom. The number of hydrogen-bond donors (Lipinski definition) is 0. The van der Waals surface area contributed by atoms with E-state index in [1.165, 1.54) is 70.6 Å². The summed E-state index contributed by atoms with van der Waals surface area (Å²) in [5.74, 6) is 0.297. The minimum Gasteiger partial charge on any atom is -0.295 e. The smallest absolute Gasteiger partial charge is 0.155 e. The zero-order valence-corrected chi connectivity index (χ0v) is 15.1. The van der Waals surface area contributed by atoms with E-state index in [0.29, 0.717) is 5.78 Å². The van der Waals surface area contributed by atoms with Crippen LogP contribution in [0.2, 0.25) is 0 Å². The average molecular weight is 307 g/mol. The number of rotatable bonds is 16. The fourth-order valence-corrected chi connectivity index (χ4v) is 2.52. The number of carbonyl (C=O) groups excluding carboxylic acids is 1. The molecule has 1 heteroatoms. The van der Waals surface area contributed by atoms with Crippen molar-refractivity contribution >= 4 is 5.78 Å². The molecule has 0 aliphatic heterocycles. The van der Waals surface area contributed by atoms with Crippen LogP contribution >= 0.6 is 0 Å². The van der Waals surface area contributed by atoms with Crippen LogP contribution in [0.5, 0.6) is 0 Å². The summed E-state index contributed by atoms with van der Waals surface area (Å²) in [6.45, 7) is 4.48. The van der Waals surface area contributed by atoms with Gasteiger partial charge in [0.2, 0.25) is 0 Å². The van der Waals surface area contributed by atoms with Crippen molar-refractivity contribution in [3.05, 3.63) is 24.3 Å². The molecule has 0 aromatic carbocycles. The molecule has 0 unspecified atom stereocenters. The van der Waals surface area contributed by atoms with Crippen LogP contribution in [0.1, 0.15) is 104 Å². The third kappa shape index (κ3) is 17.2. The van der Waals surface area contributed by atoms with Gasteiger partial charge in [-0.25, -0.2) is 0 Å². The fourth-order valence-electron chi connectivity index (χ4n) is 2.52. The van der Waals surface area contributed by atoms with Crippen LogP contribution in [-0.2, 0) is 4.79 Å². The molecule has 0 aromatic rings. The van der Waals surface area contributed by atoms with Crippen LogP contribution in [0.15, 0.2) is 24.3 Å². The third-order valence-corrected chi connectivity index (χ3v) is 3.99. The zero-order valence-electron chi connectivity index (χ0n) is 15.1. The van der Waals surface area contributed by atoms with E-state index in [4.69, 9.17) is 0 Å². The minimum atomic E-state index is 0.297. The molecule has 0 bridgehead atoms. The molecule has 0 saturated carbocycles. The van der Waals surface area contributed by atoms with Gasteiger partial charge in [0.05, 0.1) is 0 Å². The SMILES string of the molecule is CCCCC/C=C/C/C=C/C(=O)CCCCCCCCCC. The number of ketones is 1. The van der Waals surface area contributed by atoms with Gasteiger partial charge in [0.25, 0.3) is 0 Å². The lowest BCUT2D eigenvalue weighted by Crippen LogP contribution is -1.92. The molecule has 1 nitrogen and oxygen atoms in total. The Morgan fingerprint density at radius 3 is 1.95 bits per heavy atom. The lowest BCUT2D eigenvalue weighted by Gasteiger charge is -2.00. The summed E-state index contributed by atoms with van der Waals surface area (Å²) in [5, 5.41) is 0. The van der Waals surface area contributed by atoms with Crippen molar-refractivity contribution < 1.29 is 4.79 Å². The van der Waals surface area contributed by atoms with Gasteiger partial charge < -0.3 is 0 Å². The number of hydrogen-bond acceptors (Lipinski definition) is 1. The van der Waals surface area contributed by atoms with Crippen LogP contribution in [0.4, 0.5) is 0 Å². The van der Waals surface area contributed by atoms with Crippen molar-refractivity contribution in [2.45, 2.75) is 104 Å². The Morgan fingerprint density at radius 2 is 1.27 bits per heavy atom. The van der Waals surface area contributed by atoms with Crippen molar-refractivity contribution in [1.29, 1.82) is 0 Å². The molecular weight excluding hydrogens is 268 g/mol. The fraction of sp³-hybridized carbons (Fsp3) is 0.762. The van der Waals surface area contributed by atoms with Crippen LogP contribution in [-0.4, -0.2) is 5.78 Å². The molecule has 0 aromatic heterocycles. The summed E-state index contributed by atoms with van der Waals surface area (Å²) in [4.78, 5) is 11.7. The Balaban J connectivity index is 3.36. The molecule has 0 amide bonds. The molecule has 0 N–H and O–H groups in total. The van der Waals surface area contributed by atoms with Crippen LogP contribution < -0.4 is 0 Å². The summed E-state index contributed by atoms with van der Waals surface area (Å²) in [5.41, 5.74) is 0. The Bertz CT molecular complexity index is 288. The van der Waals surface area contributed by atoms with E-state index in [1.54, 1.807) is 6.08 Å². The standard InChI is InChI=1S/C21H38O/c1-3-5-7-9-11-13-15-17-19-21(22)20-18-16-14-12-10-8-6-4-2/h11,13,17,19H,3-10,12,14-16,18,20H2,1-2H3/b13-11+,19-17+. The molecular formula is C21H38O. The highest BCUT2D eigenvalue weighted by atomic mass is 16.1. The molecule has 0 rings (SSSR count). The first-order valence-corrected chi connectivity index (χ1v) is 9.65. The van der Waals surface area contributed by atoms with E-state index >= 15 is 0 Å². The van der Waals surface area contributed by atoms with Gasteiger partial charge >= 0.3 is 0 Å². The molecule has 22 heavy (non-hydrogen) atoms. The molecule has 0 atom stereocenters. The van der Waals surface area contributed by atoms with Gasteiger partial charge in [-0.3, -0.25) is 4.79 Å². The van der Waals surface area contributed by atoms with Gasteiger partial charge in [-0.05, 0) is 31.8 Å². The summed E-state index contributed by atoms with van der Waals surface area (Å²) < 4.78 is 0. The predicted octanol–water partition coefficient (Wildman–Crippen LogP) is 7.17. The first-order valence-electron chi connectivity index (χ1n) is 9.65. The molecule has 128 valence electrons. The second kappa shape index (κ2) is 18.2. The van der Waals surface area contributed by atoms with Gasteiger partial charge in [-0.2, -0.15) is 0 Å². The largest absolute Gasteiger partial charge is 0.295 e. The van der Waals surface area contributed by atoms with Crippen LogP contribution in [0, 0.1) is 0 Å². The topological polar surface area (TPSA) is 17.1 Å². The lowest BCUT2D eigenvalue weighted by atomic mass is 10.1. The van der Waals surface area contributed by atoms with E-state index in [2.05, 4.69) is 26.0 Å². The second-order valence-electron chi connectivity index (χ2n) is 6.30. The highest BCUT2D eigenvalue weighted by Crippen LogP contribution is 2.10. The van der Waals surface area contributed by atoms with Crippen molar-refractivity contribution in [3.8, 4) is 0 Å². The first-order chi connectivity index (χ1) is 10.8. The maximum atomic E-state index is 11.7. The van der Waals surface area contributed by atoms with Gasteiger partial charge in [0.15, 0.2) is 5.78 Å². The normalized spacial score (nSPS) is 11.7. The third-order valence-electron chi connectivity index (χ3n) is 3.99. The Kier molecular flexibility index (Phi) is 17.5.